The van der Waals surface area contributed by atoms with Gasteiger partial charge < -0.3 is 0 Å². The lowest BCUT2D eigenvalue weighted by Crippen LogP contribution is -2.20. The quantitative estimate of drug-likeness (QED) is 0.475. The van der Waals surface area contributed by atoms with E-state index in [4.69, 9.17) is 34.8 Å². The van der Waals surface area contributed by atoms with Gasteiger partial charge in [-0.15, -0.1) is 11.3 Å². The molecule has 0 spiro atoms. The standard InChI is InChI=1S/C14H11Cl3N2OS/c1-8(10-4-5-11(15)14(17)13(10)16)18-19-12(20)7-9-3-2-6-21-9/h2-6H,7H2,1H3,(H,19,20)/b18-8-. The molecule has 2 rings (SSSR count). The second-order valence-corrected chi connectivity index (χ2v) is 6.41. The minimum atomic E-state index is -0.187. The van der Waals surface area contributed by atoms with Gasteiger partial charge in [-0.2, -0.15) is 5.10 Å². The molecule has 2 aromatic rings. The number of hydrogen-bond donors (Lipinski definition) is 1. The number of amides is 1. The molecule has 1 heterocycles. The molecular formula is C14H11Cl3N2OS. The lowest BCUT2D eigenvalue weighted by atomic mass is 10.1. The minimum Gasteiger partial charge on any atom is -0.273 e. The van der Waals surface area contributed by atoms with Crippen LogP contribution in [0.2, 0.25) is 15.1 Å². The number of thiophene rings is 1. The van der Waals surface area contributed by atoms with Crippen LogP contribution in [0.4, 0.5) is 0 Å². The molecule has 7 heteroatoms. The molecule has 0 bridgehead atoms. The fraction of sp³-hybridized carbons (Fsp3) is 0.143. The van der Waals surface area contributed by atoms with Gasteiger partial charge in [0.2, 0.25) is 5.91 Å². The molecule has 0 aliphatic rings. The Morgan fingerprint density at radius 3 is 2.67 bits per heavy atom. The highest BCUT2D eigenvalue weighted by molar-refractivity contribution is 7.10. The van der Waals surface area contributed by atoms with Crippen molar-refractivity contribution in [3.63, 3.8) is 0 Å². The highest BCUT2D eigenvalue weighted by Crippen LogP contribution is 2.32. The molecule has 21 heavy (non-hydrogen) atoms. The number of nitrogens with zero attached hydrogens (tertiary/aromatic N) is 1. The van der Waals surface area contributed by atoms with Gasteiger partial charge in [0, 0.05) is 10.4 Å². The van der Waals surface area contributed by atoms with Crippen LogP contribution >= 0.6 is 46.1 Å². The third-order valence-electron chi connectivity index (χ3n) is 2.69. The van der Waals surface area contributed by atoms with Gasteiger partial charge in [0.25, 0.3) is 0 Å². The summed E-state index contributed by atoms with van der Waals surface area (Å²) >= 11 is 19.5. The minimum absolute atomic E-state index is 0.187. The Kier molecular flexibility index (Phi) is 5.65. The maximum absolute atomic E-state index is 11.8. The SMILES string of the molecule is C/C(=N/NC(=O)Cc1cccs1)c1ccc(Cl)c(Cl)c1Cl. The van der Waals surface area contributed by atoms with Crippen molar-refractivity contribution in [3.05, 3.63) is 55.2 Å². The number of benzene rings is 1. The van der Waals surface area contributed by atoms with Gasteiger partial charge in [-0.1, -0.05) is 46.9 Å². The molecule has 3 nitrogen and oxygen atoms in total. The highest BCUT2D eigenvalue weighted by Gasteiger charge is 2.11. The first-order valence-corrected chi connectivity index (χ1v) is 7.99. The number of nitrogens with one attached hydrogen (secondary N) is 1. The van der Waals surface area contributed by atoms with Crippen molar-refractivity contribution in [1.29, 1.82) is 0 Å². The van der Waals surface area contributed by atoms with Gasteiger partial charge in [0.1, 0.15) is 0 Å². The van der Waals surface area contributed by atoms with E-state index in [1.165, 1.54) is 11.3 Å². The van der Waals surface area contributed by atoms with Crippen molar-refractivity contribution in [1.82, 2.24) is 5.43 Å². The van der Waals surface area contributed by atoms with E-state index >= 15 is 0 Å². The van der Waals surface area contributed by atoms with E-state index in [2.05, 4.69) is 10.5 Å². The van der Waals surface area contributed by atoms with Crippen molar-refractivity contribution >= 4 is 57.8 Å². The van der Waals surface area contributed by atoms with E-state index in [0.717, 1.165) is 4.88 Å². The summed E-state index contributed by atoms with van der Waals surface area (Å²) in [6, 6.07) is 7.15. The van der Waals surface area contributed by atoms with Gasteiger partial charge in [0.05, 0.1) is 27.2 Å². The third-order valence-corrected chi connectivity index (χ3v) is 4.86. The van der Waals surface area contributed by atoms with Crippen LogP contribution in [0.15, 0.2) is 34.7 Å². The molecule has 1 aromatic carbocycles. The molecule has 0 atom stereocenters. The Morgan fingerprint density at radius 1 is 1.24 bits per heavy atom. The lowest BCUT2D eigenvalue weighted by Gasteiger charge is -2.07. The molecule has 0 unspecified atom stereocenters. The molecular weight excluding hydrogens is 351 g/mol. The maximum Gasteiger partial charge on any atom is 0.245 e. The molecule has 0 saturated heterocycles. The lowest BCUT2D eigenvalue weighted by molar-refractivity contribution is -0.120. The van der Waals surface area contributed by atoms with E-state index in [0.29, 0.717) is 27.7 Å². The number of carbonyl (C=O) groups excluding carboxylic acids is 1. The van der Waals surface area contributed by atoms with E-state index in [-0.39, 0.29) is 10.9 Å². The Hall–Kier alpha value is -1.07. The first-order chi connectivity index (χ1) is 9.99. The van der Waals surface area contributed by atoms with E-state index in [1.807, 2.05) is 17.5 Å². The van der Waals surface area contributed by atoms with Crippen LogP contribution in [0.3, 0.4) is 0 Å². The number of hydrazone groups is 1. The molecule has 1 aromatic heterocycles. The third kappa shape index (κ3) is 4.20. The van der Waals surface area contributed by atoms with Crippen LogP contribution in [0.1, 0.15) is 17.4 Å². The fourth-order valence-electron chi connectivity index (χ4n) is 1.62. The predicted molar refractivity (Wildman–Crippen MR) is 89.8 cm³/mol. The summed E-state index contributed by atoms with van der Waals surface area (Å²) in [5, 5.41) is 6.93. The van der Waals surface area contributed by atoms with Crippen LogP contribution < -0.4 is 5.43 Å². The Labute approximate surface area is 141 Å². The molecule has 1 N–H and O–H groups in total. The summed E-state index contributed by atoms with van der Waals surface area (Å²) in [6.07, 6.45) is 0.295. The zero-order chi connectivity index (χ0) is 15.4. The van der Waals surface area contributed by atoms with E-state index in [1.54, 1.807) is 19.1 Å². The van der Waals surface area contributed by atoms with Crippen LogP contribution in [0, 0.1) is 0 Å². The number of halogens is 3. The first kappa shape index (κ1) is 16.3. The molecule has 1 amide bonds. The molecule has 110 valence electrons. The van der Waals surface area contributed by atoms with Crippen LogP contribution in [0.5, 0.6) is 0 Å². The zero-order valence-corrected chi connectivity index (χ0v) is 14.1. The summed E-state index contributed by atoms with van der Waals surface area (Å²) in [5.41, 5.74) is 3.68. The molecule has 0 aliphatic heterocycles. The van der Waals surface area contributed by atoms with Crippen LogP contribution in [-0.2, 0) is 11.2 Å². The summed E-state index contributed by atoms with van der Waals surface area (Å²) in [5.74, 6) is -0.187. The largest absolute Gasteiger partial charge is 0.273 e. The topological polar surface area (TPSA) is 41.5 Å². The Morgan fingerprint density at radius 2 is 2.00 bits per heavy atom. The molecule has 0 saturated carbocycles. The van der Waals surface area contributed by atoms with Crippen molar-refractivity contribution in [2.24, 2.45) is 5.10 Å². The zero-order valence-electron chi connectivity index (χ0n) is 11.0. The molecule has 0 aliphatic carbocycles. The van der Waals surface area contributed by atoms with Crippen molar-refractivity contribution < 1.29 is 4.79 Å². The number of hydrogen-bond acceptors (Lipinski definition) is 3. The fourth-order valence-corrected chi connectivity index (χ4v) is 3.00. The summed E-state index contributed by atoms with van der Waals surface area (Å²) < 4.78 is 0. The van der Waals surface area contributed by atoms with Gasteiger partial charge in [-0.25, -0.2) is 5.43 Å². The monoisotopic (exact) mass is 360 g/mol. The maximum atomic E-state index is 11.8. The average molecular weight is 362 g/mol. The number of rotatable bonds is 4. The second-order valence-electron chi connectivity index (χ2n) is 4.21. The number of carbonyl (C=O) groups is 1. The second kappa shape index (κ2) is 7.27. The molecule has 0 fully saturated rings. The summed E-state index contributed by atoms with van der Waals surface area (Å²) in [7, 11) is 0. The van der Waals surface area contributed by atoms with E-state index < -0.39 is 0 Å². The van der Waals surface area contributed by atoms with Crippen molar-refractivity contribution in [2.75, 3.05) is 0 Å². The highest BCUT2D eigenvalue weighted by atomic mass is 35.5. The normalized spacial score (nSPS) is 11.5. The summed E-state index contributed by atoms with van der Waals surface area (Å²) in [4.78, 5) is 12.7. The van der Waals surface area contributed by atoms with Crippen LogP contribution in [0.25, 0.3) is 0 Å². The Balaban J connectivity index is 2.07. The average Bonchev–Trinajstić information content (AvgIpc) is 2.95. The molecule has 0 radical (unpaired) electrons. The Bertz CT molecular complexity index is 684. The van der Waals surface area contributed by atoms with E-state index in [9.17, 15) is 4.79 Å². The van der Waals surface area contributed by atoms with Crippen molar-refractivity contribution in [2.45, 2.75) is 13.3 Å². The smallest absolute Gasteiger partial charge is 0.245 e. The van der Waals surface area contributed by atoms with Gasteiger partial charge >= 0.3 is 0 Å². The van der Waals surface area contributed by atoms with Gasteiger partial charge in [-0.3, -0.25) is 4.79 Å². The van der Waals surface area contributed by atoms with Gasteiger partial charge in [0.15, 0.2) is 0 Å². The van der Waals surface area contributed by atoms with Crippen LogP contribution in [-0.4, -0.2) is 11.6 Å². The predicted octanol–water partition coefficient (Wildman–Crippen LogP) is 4.79. The van der Waals surface area contributed by atoms with Gasteiger partial charge in [-0.05, 0) is 24.4 Å². The summed E-state index contributed by atoms with van der Waals surface area (Å²) in [6.45, 7) is 1.73. The van der Waals surface area contributed by atoms with Crippen molar-refractivity contribution in [3.8, 4) is 0 Å². The first-order valence-electron chi connectivity index (χ1n) is 5.98.